The van der Waals surface area contributed by atoms with E-state index in [0.717, 1.165) is 0 Å². The highest BCUT2D eigenvalue weighted by Crippen LogP contribution is 1.89. The summed E-state index contributed by atoms with van der Waals surface area (Å²) in [6.45, 7) is 3.52. The van der Waals surface area contributed by atoms with Crippen molar-refractivity contribution in [2.45, 2.75) is 25.6 Å². The summed E-state index contributed by atoms with van der Waals surface area (Å²) in [5.41, 5.74) is 0. The standard InChI is InChI=1S/C8H11ClO2/c1-7(9)5-3-4-6-11-8(2)10/h7H,4,6H2,1-2H3. The lowest BCUT2D eigenvalue weighted by Gasteiger charge is -1.94. The Kier molecular flexibility index (Phi) is 5.68. The quantitative estimate of drug-likeness (QED) is 0.275. The second-order valence-electron chi connectivity index (χ2n) is 2.03. The maximum Gasteiger partial charge on any atom is 0.302 e. The highest BCUT2D eigenvalue weighted by molar-refractivity contribution is 6.22. The molecule has 0 radical (unpaired) electrons. The van der Waals surface area contributed by atoms with E-state index in [1.54, 1.807) is 6.92 Å². The van der Waals surface area contributed by atoms with Gasteiger partial charge in [-0.1, -0.05) is 11.8 Å². The topological polar surface area (TPSA) is 26.3 Å². The van der Waals surface area contributed by atoms with Gasteiger partial charge in [0.2, 0.25) is 0 Å². The molecular formula is C8H11ClO2. The van der Waals surface area contributed by atoms with Gasteiger partial charge in [-0.25, -0.2) is 0 Å². The van der Waals surface area contributed by atoms with Gasteiger partial charge in [0, 0.05) is 13.3 Å². The van der Waals surface area contributed by atoms with Crippen molar-refractivity contribution in [3.05, 3.63) is 0 Å². The molecule has 0 saturated heterocycles. The van der Waals surface area contributed by atoms with Crippen LogP contribution in [0.5, 0.6) is 0 Å². The summed E-state index contributed by atoms with van der Waals surface area (Å²) in [4.78, 5) is 10.2. The summed E-state index contributed by atoms with van der Waals surface area (Å²) in [7, 11) is 0. The molecule has 0 amide bonds. The number of alkyl halides is 1. The molecule has 0 aromatic rings. The number of halogens is 1. The van der Waals surface area contributed by atoms with Crippen molar-refractivity contribution in [2.75, 3.05) is 6.61 Å². The molecule has 0 aromatic heterocycles. The van der Waals surface area contributed by atoms with E-state index in [0.29, 0.717) is 13.0 Å². The fraction of sp³-hybridized carbons (Fsp3) is 0.625. The summed E-state index contributed by atoms with van der Waals surface area (Å²) in [6, 6.07) is 0. The Morgan fingerprint density at radius 2 is 2.36 bits per heavy atom. The first-order valence-corrected chi connectivity index (χ1v) is 3.82. The van der Waals surface area contributed by atoms with E-state index in [9.17, 15) is 4.79 Å². The Morgan fingerprint density at radius 3 is 2.82 bits per heavy atom. The van der Waals surface area contributed by atoms with Crippen molar-refractivity contribution in [3.63, 3.8) is 0 Å². The Bertz CT molecular complexity index is 176. The number of esters is 1. The van der Waals surface area contributed by atoms with E-state index in [1.807, 2.05) is 0 Å². The zero-order valence-corrected chi connectivity index (χ0v) is 7.44. The maximum absolute atomic E-state index is 10.2. The molecule has 0 bridgehead atoms. The van der Waals surface area contributed by atoms with Gasteiger partial charge >= 0.3 is 5.97 Å². The smallest absolute Gasteiger partial charge is 0.302 e. The second-order valence-corrected chi connectivity index (χ2v) is 2.68. The molecule has 1 unspecified atom stereocenters. The van der Waals surface area contributed by atoms with Crippen LogP contribution in [0.15, 0.2) is 0 Å². The van der Waals surface area contributed by atoms with Crippen LogP contribution in [0, 0.1) is 11.8 Å². The first kappa shape index (κ1) is 10.3. The van der Waals surface area contributed by atoms with Crippen LogP contribution in [0.2, 0.25) is 0 Å². The predicted octanol–water partition coefficient (Wildman–Crippen LogP) is 1.57. The number of carbonyl (C=O) groups excluding carboxylic acids is 1. The third-order valence-corrected chi connectivity index (χ3v) is 0.942. The Balaban J connectivity index is 3.29. The molecule has 62 valence electrons. The van der Waals surface area contributed by atoms with Crippen LogP contribution < -0.4 is 0 Å². The molecule has 0 fully saturated rings. The van der Waals surface area contributed by atoms with Gasteiger partial charge in [0.25, 0.3) is 0 Å². The minimum atomic E-state index is -0.272. The van der Waals surface area contributed by atoms with Crippen molar-refractivity contribution in [2.24, 2.45) is 0 Å². The van der Waals surface area contributed by atoms with Crippen LogP contribution in [-0.4, -0.2) is 18.0 Å². The molecule has 0 aliphatic rings. The molecule has 0 heterocycles. The van der Waals surface area contributed by atoms with Gasteiger partial charge in [-0.3, -0.25) is 4.79 Å². The van der Waals surface area contributed by atoms with E-state index < -0.39 is 0 Å². The first-order chi connectivity index (χ1) is 5.13. The normalized spacial score (nSPS) is 11.2. The Hall–Kier alpha value is -0.680. The molecular weight excluding hydrogens is 164 g/mol. The number of ether oxygens (including phenoxy) is 1. The van der Waals surface area contributed by atoms with Gasteiger partial charge in [0.1, 0.15) is 6.61 Å². The third-order valence-electron chi connectivity index (χ3n) is 0.833. The van der Waals surface area contributed by atoms with Crippen LogP contribution in [0.4, 0.5) is 0 Å². The van der Waals surface area contributed by atoms with E-state index in [-0.39, 0.29) is 11.3 Å². The maximum atomic E-state index is 10.2. The van der Waals surface area contributed by atoms with Crippen molar-refractivity contribution in [3.8, 4) is 11.8 Å². The summed E-state index contributed by atoms with van der Waals surface area (Å²) in [5.74, 6) is 5.25. The Labute approximate surface area is 71.9 Å². The lowest BCUT2D eigenvalue weighted by atomic mass is 10.4. The van der Waals surface area contributed by atoms with E-state index in [4.69, 9.17) is 11.6 Å². The summed E-state index contributed by atoms with van der Waals surface area (Å²) in [6.07, 6.45) is 0.552. The SMILES string of the molecule is CC(=O)OCCC#CC(C)Cl. The van der Waals surface area contributed by atoms with Gasteiger partial charge in [0.05, 0.1) is 5.38 Å². The van der Waals surface area contributed by atoms with Crippen LogP contribution in [-0.2, 0) is 9.53 Å². The minimum Gasteiger partial charge on any atom is -0.465 e. The van der Waals surface area contributed by atoms with Gasteiger partial charge in [-0.05, 0) is 6.92 Å². The molecule has 2 nitrogen and oxygen atoms in total. The Morgan fingerprint density at radius 1 is 1.73 bits per heavy atom. The summed E-state index contributed by atoms with van der Waals surface area (Å²) < 4.78 is 4.64. The van der Waals surface area contributed by atoms with Gasteiger partial charge in [-0.2, -0.15) is 0 Å². The van der Waals surface area contributed by atoms with Crippen molar-refractivity contribution < 1.29 is 9.53 Å². The molecule has 0 rings (SSSR count). The van der Waals surface area contributed by atoms with Crippen molar-refractivity contribution in [1.82, 2.24) is 0 Å². The summed E-state index contributed by atoms with van der Waals surface area (Å²) in [5, 5.41) is -0.132. The minimum absolute atomic E-state index is 0.132. The van der Waals surface area contributed by atoms with Gasteiger partial charge in [-0.15, -0.1) is 11.6 Å². The number of hydrogen-bond acceptors (Lipinski definition) is 2. The predicted molar refractivity (Wildman–Crippen MR) is 44.3 cm³/mol. The molecule has 1 atom stereocenters. The monoisotopic (exact) mass is 174 g/mol. The lowest BCUT2D eigenvalue weighted by molar-refractivity contribution is -0.140. The fourth-order valence-corrected chi connectivity index (χ4v) is 0.536. The molecule has 0 N–H and O–H groups in total. The number of hydrogen-bond donors (Lipinski definition) is 0. The van der Waals surface area contributed by atoms with Gasteiger partial charge in [0.15, 0.2) is 0 Å². The molecule has 0 aliphatic carbocycles. The first-order valence-electron chi connectivity index (χ1n) is 3.38. The summed E-state index contributed by atoms with van der Waals surface area (Å²) >= 11 is 5.54. The fourth-order valence-electron chi connectivity index (χ4n) is 0.459. The molecule has 11 heavy (non-hydrogen) atoms. The molecule has 0 aliphatic heterocycles. The zero-order chi connectivity index (χ0) is 8.69. The van der Waals surface area contributed by atoms with Crippen LogP contribution in [0.25, 0.3) is 0 Å². The molecule has 0 saturated carbocycles. The average Bonchev–Trinajstić information content (AvgIpc) is 1.85. The zero-order valence-electron chi connectivity index (χ0n) is 6.69. The lowest BCUT2D eigenvalue weighted by Crippen LogP contribution is -1.99. The average molecular weight is 175 g/mol. The van der Waals surface area contributed by atoms with Crippen LogP contribution in [0.3, 0.4) is 0 Å². The van der Waals surface area contributed by atoms with Crippen LogP contribution >= 0.6 is 11.6 Å². The van der Waals surface area contributed by atoms with Crippen molar-refractivity contribution >= 4 is 17.6 Å². The highest BCUT2D eigenvalue weighted by Gasteiger charge is 1.89. The molecule has 0 aromatic carbocycles. The van der Waals surface area contributed by atoms with E-state index >= 15 is 0 Å². The van der Waals surface area contributed by atoms with Crippen LogP contribution in [0.1, 0.15) is 20.3 Å². The van der Waals surface area contributed by atoms with Gasteiger partial charge < -0.3 is 4.74 Å². The van der Waals surface area contributed by atoms with E-state index in [1.165, 1.54) is 6.92 Å². The van der Waals surface area contributed by atoms with E-state index in [2.05, 4.69) is 16.6 Å². The largest absolute Gasteiger partial charge is 0.465 e. The molecule has 0 spiro atoms. The van der Waals surface area contributed by atoms with Crippen molar-refractivity contribution in [1.29, 1.82) is 0 Å². The highest BCUT2D eigenvalue weighted by atomic mass is 35.5. The second kappa shape index (κ2) is 6.06. The molecule has 3 heteroatoms. The number of rotatable bonds is 2. The third kappa shape index (κ3) is 9.32. The number of carbonyl (C=O) groups is 1.